The average molecular weight is 454 g/mol. The highest BCUT2D eigenvalue weighted by atomic mass is 32.2. The van der Waals surface area contributed by atoms with Crippen LogP contribution in [0.25, 0.3) is 0 Å². The van der Waals surface area contributed by atoms with Gasteiger partial charge in [-0.25, -0.2) is 0 Å². The Balaban J connectivity index is 1.52. The van der Waals surface area contributed by atoms with Crippen molar-refractivity contribution < 1.29 is 14.3 Å². The van der Waals surface area contributed by atoms with Crippen LogP contribution in [0, 0.1) is 13.8 Å². The Morgan fingerprint density at radius 3 is 2.50 bits per heavy atom. The number of carbonyl (C=O) groups excluding carboxylic acids is 2. The van der Waals surface area contributed by atoms with Crippen LogP contribution in [0.3, 0.4) is 0 Å². The highest BCUT2D eigenvalue weighted by Gasteiger charge is 2.15. The number of ether oxygens (including phenoxy) is 1. The van der Waals surface area contributed by atoms with Crippen LogP contribution in [-0.4, -0.2) is 38.9 Å². The highest BCUT2D eigenvalue weighted by Crippen LogP contribution is 2.20. The van der Waals surface area contributed by atoms with E-state index in [1.165, 1.54) is 11.8 Å². The third-order valence-corrected chi connectivity index (χ3v) is 5.71. The van der Waals surface area contributed by atoms with E-state index in [1.54, 1.807) is 23.7 Å². The first-order valence-electron chi connectivity index (χ1n) is 10.3. The molecule has 0 aliphatic rings. The predicted octanol–water partition coefficient (Wildman–Crippen LogP) is 3.74. The van der Waals surface area contributed by atoms with E-state index in [-0.39, 0.29) is 24.0 Å². The van der Waals surface area contributed by atoms with Gasteiger partial charge in [0.05, 0.1) is 18.8 Å². The molecule has 2 N–H and O–H groups in total. The number of hydrogen-bond acceptors (Lipinski definition) is 6. The molecule has 2 aromatic carbocycles. The van der Waals surface area contributed by atoms with Crippen LogP contribution < -0.4 is 15.4 Å². The Morgan fingerprint density at radius 1 is 1.03 bits per heavy atom. The minimum Gasteiger partial charge on any atom is -0.494 e. The quantitative estimate of drug-likeness (QED) is 0.479. The zero-order valence-corrected chi connectivity index (χ0v) is 19.5. The molecular weight excluding hydrogens is 426 g/mol. The lowest BCUT2D eigenvalue weighted by Gasteiger charge is -2.09. The van der Waals surface area contributed by atoms with Crippen molar-refractivity contribution in [3.8, 4) is 5.75 Å². The van der Waals surface area contributed by atoms with Crippen molar-refractivity contribution in [3.63, 3.8) is 0 Å². The van der Waals surface area contributed by atoms with Gasteiger partial charge in [-0.3, -0.25) is 9.59 Å². The summed E-state index contributed by atoms with van der Waals surface area (Å²) in [6.07, 6.45) is 0.0931. The van der Waals surface area contributed by atoms with E-state index in [2.05, 4.69) is 20.8 Å². The number of carbonyl (C=O) groups is 2. The number of aryl methyl sites for hydroxylation is 2. The third kappa shape index (κ3) is 6.34. The second-order valence-electron chi connectivity index (χ2n) is 7.30. The summed E-state index contributed by atoms with van der Waals surface area (Å²) in [5.41, 5.74) is 3.56. The van der Waals surface area contributed by atoms with E-state index in [0.717, 1.165) is 22.6 Å². The Bertz CT molecular complexity index is 1100. The zero-order valence-electron chi connectivity index (χ0n) is 18.6. The van der Waals surface area contributed by atoms with Crippen LogP contribution in [0.1, 0.15) is 23.9 Å². The maximum atomic E-state index is 12.5. The molecule has 2 amide bonds. The number of aromatic nitrogens is 3. The molecule has 32 heavy (non-hydrogen) atoms. The summed E-state index contributed by atoms with van der Waals surface area (Å²) in [5, 5.41) is 14.6. The van der Waals surface area contributed by atoms with E-state index >= 15 is 0 Å². The molecule has 0 aliphatic heterocycles. The maximum Gasteiger partial charge on any atom is 0.234 e. The first-order chi connectivity index (χ1) is 15.4. The Hall–Kier alpha value is -3.33. The molecule has 0 saturated carbocycles. The van der Waals surface area contributed by atoms with Gasteiger partial charge in [0.25, 0.3) is 0 Å². The molecule has 1 aromatic heterocycles. The van der Waals surface area contributed by atoms with Gasteiger partial charge in [-0.1, -0.05) is 23.9 Å². The predicted molar refractivity (Wildman–Crippen MR) is 126 cm³/mol. The molecule has 0 radical (unpaired) electrons. The van der Waals surface area contributed by atoms with E-state index in [9.17, 15) is 9.59 Å². The summed E-state index contributed by atoms with van der Waals surface area (Å²) < 4.78 is 7.13. The molecule has 0 saturated heterocycles. The van der Waals surface area contributed by atoms with Crippen molar-refractivity contribution in [2.24, 2.45) is 7.05 Å². The van der Waals surface area contributed by atoms with Crippen LogP contribution in [0.5, 0.6) is 5.75 Å². The highest BCUT2D eigenvalue weighted by molar-refractivity contribution is 7.99. The molecule has 3 aromatic rings. The van der Waals surface area contributed by atoms with Gasteiger partial charge in [0, 0.05) is 18.4 Å². The SMILES string of the molecule is CCOc1ccc(NC(=O)CSc2nnc(CC(=O)Nc3cc(C)ccc3C)n2C)cc1. The maximum absolute atomic E-state index is 12.5. The standard InChI is InChI=1S/C23H27N5O3S/c1-5-31-18-10-8-17(9-11-18)24-22(30)14-32-23-27-26-20(28(23)4)13-21(29)25-19-12-15(2)6-7-16(19)3/h6-12H,5,13-14H2,1-4H3,(H,24,30)(H,25,29). The normalized spacial score (nSPS) is 10.6. The molecule has 9 heteroatoms. The van der Waals surface area contributed by atoms with Gasteiger partial charge in [-0.2, -0.15) is 0 Å². The summed E-state index contributed by atoms with van der Waals surface area (Å²) in [6.45, 7) is 6.44. The average Bonchev–Trinajstić information content (AvgIpc) is 3.10. The Morgan fingerprint density at radius 2 is 1.78 bits per heavy atom. The van der Waals surface area contributed by atoms with E-state index < -0.39 is 0 Å². The van der Waals surface area contributed by atoms with Gasteiger partial charge in [0.15, 0.2) is 5.16 Å². The fraction of sp³-hybridized carbons (Fsp3) is 0.304. The first-order valence-corrected chi connectivity index (χ1v) is 11.2. The number of benzene rings is 2. The second-order valence-corrected chi connectivity index (χ2v) is 8.24. The van der Waals surface area contributed by atoms with Crippen molar-refractivity contribution in [2.75, 3.05) is 23.0 Å². The summed E-state index contributed by atoms with van der Waals surface area (Å²) in [7, 11) is 1.78. The van der Waals surface area contributed by atoms with Gasteiger partial charge in [0.2, 0.25) is 11.8 Å². The van der Waals surface area contributed by atoms with Gasteiger partial charge in [-0.05, 0) is 62.2 Å². The number of nitrogens with zero attached hydrogens (tertiary/aromatic N) is 3. The number of nitrogens with one attached hydrogen (secondary N) is 2. The largest absolute Gasteiger partial charge is 0.494 e. The van der Waals surface area contributed by atoms with Crippen LogP contribution in [-0.2, 0) is 23.1 Å². The molecule has 0 atom stereocenters. The lowest BCUT2D eigenvalue weighted by atomic mass is 10.1. The van der Waals surface area contributed by atoms with E-state index in [1.807, 2.05) is 51.1 Å². The summed E-state index contributed by atoms with van der Waals surface area (Å²) in [6, 6.07) is 13.1. The van der Waals surface area contributed by atoms with Crippen LogP contribution in [0.2, 0.25) is 0 Å². The molecule has 0 unspecified atom stereocenters. The number of hydrogen-bond donors (Lipinski definition) is 2. The number of rotatable bonds is 9. The van der Waals surface area contributed by atoms with Gasteiger partial charge in [-0.15, -0.1) is 10.2 Å². The molecular formula is C23H27N5O3S. The first kappa shape index (κ1) is 23.3. The number of thioether (sulfide) groups is 1. The van der Waals surface area contributed by atoms with Gasteiger partial charge in [0.1, 0.15) is 11.6 Å². The second kappa shape index (κ2) is 10.8. The monoisotopic (exact) mass is 453 g/mol. The summed E-state index contributed by atoms with van der Waals surface area (Å²) in [5.74, 6) is 1.14. The van der Waals surface area contributed by atoms with Crippen LogP contribution >= 0.6 is 11.8 Å². The van der Waals surface area contributed by atoms with Crippen molar-refractivity contribution in [3.05, 3.63) is 59.4 Å². The lowest BCUT2D eigenvalue weighted by molar-refractivity contribution is -0.116. The summed E-state index contributed by atoms with van der Waals surface area (Å²) in [4.78, 5) is 24.7. The summed E-state index contributed by atoms with van der Waals surface area (Å²) >= 11 is 1.26. The van der Waals surface area contributed by atoms with Crippen LogP contribution in [0.15, 0.2) is 47.6 Å². The van der Waals surface area contributed by atoms with Crippen molar-refractivity contribution in [1.82, 2.24) is 14.8 Å². The van der Waals surface area contributed by atoms with Crippen molar-refractivity contribution in [1.29, 1.82) is 0 Å². The van der Waals surface area contributed by atoms with E-state index in [0.29, 0.717) is 23.3 Å². The molecule has 0 fully saturated rings. The number of anilines is 2. The van der Waals surface area contributed by atoms with Gasteiger partial charge < -0.3 is 19.9 Å². The van der Waals surface area contributed by atoms with Gasteiger partial charge >= 0.3 is 0 Å². The minimum atomic E-state index is -0.168. The molecule has 0 spiro atoms. The molecule has 168 valence electrons. The van der Waals surface area contributed by atoms with Crippen LogP contribution in [0.4, 0.5) is 11.4 Å². The topological polar surface area (TPSA) is 98.1 Å². The van der Waals surface area contributed by atoms with E-state index in [4.69, 9.17) is 4.74 Å². The van der Waals surface area contributed by atoms with Crippen molar-refractivity contribution >= 4 is 35.0 Å². The lowest BCUT2D eigenvalue weighted by Crippen LogP contribution is -2.18. The smallest absolute Gasteiger partial charge is 0.234 e. The molecule has 0 aliphatic carbocycles. The molecule has 0 bridgehead atoms. The fourth-order valence-electron chi connectivity index (χ4n) is 2.96. The fourth-order valence-corrected chi connectivity index (χ4v) is 3.69. The Labute approximate surface area is 191 Å². The Kier molecular flexibility index (Phi) is 7.88. The van der Waals surface area contributed by atoms with Crippen molar-refractivity contribution in [2.45, 2.75) is 32.3 Å². The number of amides is 2. The zero-order chi connectivity index (χ0) is 23.1. The molecule has 1 heterocycles. The molecule has 8 nitrogen and oxygen atoms in total. The molecule has 3 rings (SSSR count). The minimum absolute atomic E-state index is 0.0931. The third-order valence-electron chi connectivity index (χ3n) is 4.69.